The van der Waals surface area contributed by atoms with Crippen LogP contribution in [0.1, 0.15) is 88.4 Å². The van der Waals surface area contributed by atoms with Crippen LogP contribution >= 0.6 is 11.3 Å². The highest BCUT2D eigenvalue weighted by Crippen LogP contribution is 2.42. The summed E-state index contributed by atoms with van der Waals surface area (Å²) in [4.78, 5) is 55.5. The molecular weight excluding hydrogens is 498 g/mol. The second-order valence-corrected chi connectivity index (χ2v) is 11.4. The van der Waals surface area contributed by atoms with Crippen molar-refractivity contribution >= 4 is 34.6 Å². The summed E-state index contributed by atoms with van der Waals surface area (Å²) >= 11 is 1.35. The molecule has 3 N–H and O–H groups in total. The summed E-state index contributed by atoms with van der Waals surface area (Å²) in [7, 11) is 0. The summed E-state index contributed by atoms with van der Waals surface area (Å²) in [5, 5.41) is 6.03. The molecule has 0 radical (unpaired) electrons. The van der Waals surface area contributed by atoms with Gasteiger partial charge in [-0.15, -0.1) is 11.3 Å². The quantitative estimate of drug-likeness (QED) is 0.305. The Morgan fingerprint density at radius 2 is 1.76 bits per heavy atom. The van der Waals surface area contributed by atoms with E-state index in [4.69, 9.17) is 0 Å². The number of aryl methyl sites for hydroxylation is 2. The highest BCUT2D eigenvalue weighted by atomic mass is 32.1. The van der Waals surface area contributed by atoms with Gasteiger partial charge in [-0.05, 0) is 94.0 Å². The van der Waals surface area contributed by atoms with Crippen molar-refractivity contribution in [3.05, 3.63) is 73.5 Å². The monoisotopic (exact) mass is 533 g/mol. The highest BCUT2D eigenvalue weighted by molar-refractivity contribution is 7.17. The average molecular weight is 534 g/mol. The van der Waals surface area contributed by atoms with Gasteiger partial charge < -0.3 is 15.6 Å². The predicted molar refractivity (Wildman–Crippen MR) is 152 cm³/mol. The fourth-order valence-electron chi connectivity index (χ4n) is 5.32. The molecule has 1 aliphatic rings. The van der Waals surface area contributed by atoms with Crippen molar-refractivity contribution in [2.45, 2.75) is 73.3 Å². The fraction of sp³-hybridized carbons (Fsp3) is 0.400. The minimum atomic E-state index is -0.389. The fourth-order valence-corrected chi connectivity index (χ4v) is 6.21. The van der Waals surface area contributed by atoms with Crippen molar-refractivity contribution in [1.82, 2.24) is 10.3 Å². The van der Waals surface area contributed by atoms with Gasteiger partial charge in [-0.2, -0.15) is 0 Å². The molecular formula is C30H35N3O4S. The number of hydrogen-bond donors (Lipinski definition) is 3. The molecule has 0 atom stereocenters. The number of anilines is 1. The van der Waals surface area contributed by atoms with Gasteiger partial charge in [0.05, 0.1) is 4.88 Å². The lowest BCUT2D eigenvalue weighted by Gasteiger charge is -2.27. The molecule has 38 heavy (non-hydrogen) atoms. The second kappa shape index (κ2) is 11.1. The van der Waals surface area contributed by atoms with Crippen molar-refractivity contribution in [2.24, 2.45) is 5.41 Å². The van der Waals surface area contributed by atoms with E-state index in [1.165, 1.54) is 18.3 Å². The molecule has 2 aromatic heterocycles. The third-order valence-electron chi connectivity index (χ3n) is 7.78. The van der Waals surface area contributed by atoms with E-state index in [1.54, 1.807) is 12.1 Å². The van der Waals surface area contributed by atoms with Gasteiger partial charge in [0.1, 0.15) is 0 Å². The number of hydrogen-bond acceptors (Lipinski definition) is 5. The van der Waals surface area contributed by atoms with Crippen LogP contribution in [0.2, 0.25) is 0 Å². The van der Waals surface area contributed by atoms with Crippen LogP contribution in [0.4, 0.5) is 5.69 Å². The summed E-state index contributed by atoms with van der Waals surface area (Å²) in [6, 6.07) is 9.18. The molecule has 1 aliphatic carbocycles. The van der Waals surface area contributed by atoms with Crippen molar-refractivity contribution < 1.29 is 14.4 Å². The lowest BCUT2D eigenvalue weighted by Crippen LogP contribution is -2.33. The number of aromatic nitrogens is 1. The summed E-state index contributed by atoms with van der Waals surface area (Å²) in [5.74, 6) is -0.375. The normalized spacial score (nSPS) is 14.3. The Kier molecular flexibility index (Phi) is 8.02. The SMILES string of the molecule is CCC1(C(=O)Nc2cc(-c3ccc(C(C)=O)s3)cc(C(=O)NCc3c(C)cc(C)[nH]c3=O)c2C)CCCC1. The maximum Gasteiger partial charge on any atom is 0.253 e. The lowest BCUT2D eigenvalue weighted by atomic mass is 9.82. The lowest BCUT2D eigenvalue weighted by molar-refractivity contribution is -0.125. The second-order valence-electron chi connectivity index (χ2n) is 10.3. The van der Waals surface area contributed by atoms with Crippen LogP contribution in [-0.2, 0) is 11.3 Å². The molecule has 0 bridgehead atoms. The Balaban J connectivity index is 1.70. The maximum absolute atomic E-state index is 13.5. The molecule has 8 heteroatoms. The Hall–Kier alpha value is -3.52. The topological polar surface area (TPSA) is 108 Å². The first kappa shape index (κ1) is 27.5. The van der Waals surface area contributed by atoms with Crippen LogP contribution in [0.25, 0.3) is 10.4 Å². The minimum Gasteiger partial charge on any atom is -0.348 e. The zero-order chi connectivity index (χ0) is 27.6. The number of H-pyrrole nitrogens is 1. The number of rotatable bonds is 8. The van der Waals surface area contributed by atoms with Gasteiger partial charge in [0.25, 0.3) is 11.5 Å². The number of carbonyl (C=O) groups is 3. The summed E-state index contributed by atoms with van der Waals surface area (Å²) in [6.45, 7) is 9.14. The van der Waals surface area contributed by atoms with Crippen LogP contribution in [0, 0.1) is 26.2 Å². The minimum absolute atomic E-state index is 0.0125. The Bertz CT molecular complexity index is 1460. The first-order chi connectivity index (χ1) is 18.0. The number of thiophene rings is 1. The Morgan fingerprint density at radius 3 is 2.37 bits per heavy atom. The number of pyridine rings is 1. The molecule has 200 valence electrons. The van der Waals surface area contributed by atoms with Crippen LogP contribution in [0.3, 0.4) is 0 Å². The predicted octanol–water partition coefficient (Wildman–Crippen LogP) is 6.07. The molecule has 0 aliphatic heterocycles. The number of Topliss-reactive ketones (excluding diaryl/α,β-unsaturated/α-hetero) is 1. The molecule has 1 fully saturated rings. The first-order valence-electron chi connectivity index (χ1n) is 13.1. The molecule has 1 aromatic carbocycles. The molecule has 1 saturated carbocycles. The van der Waals surface area contributed by atoms with Gasteiger partial charge in [-0.1, -0.05) is 19.8 Å². The molecule has 3 aromatic rings. The molecule has 0 spiro atoms. The maximum atomic E-state index is 13.5. The zero-order valence-corrected chi connectivity index (χ0v) is 23.5. The van der Waals surface area contributed by atoms with Crippen molar-refractivity contribution in [3.8, 4) is 10.4 Å². The van der Waals surface area contributed by atoms with Gasteiger partial charge in [0.2, 0.25) is 5.91 Å². The van der Waals surface area contributed by atoms with E-state index in [2.05, 4.69) is 22.5 Å². The van der Waals surface area contributed by atoms with Crippen molar-refractivity contribution in [3.63, 3.8) is 0 Å². The van der Waals surface area contributed by atoms with E-state index >= 15 is 0 Å². The molecule has 0 unspecified atom stereocenters. The van der Waals surface area contributed by atoms with Crippen molar-refractivity contribution in [1.29, 1.82) is 0 Å². The molecule has 2 amide bonds. The van der Waals surface area contributed by atoms with Gasteiger partial charge in [-0.3, -0.25) is 19.2 Å². The highest BCUT2D eigenvalue weighted by Gasteiger charge is 2.39. The van der Waals surface area contributed by atoms with Gasteiger partial charge >= 0.3 is 0 Å². The summed E-state index contributed by atoms with van der Waals surface area (Å²) in [5.41, 5.74) is 3.85. The molecule has 2 heterocycles. The van der Waals surface area contributed by atoms with Crippen LogP contribution in [0.5, 0.6) is 0 Å². The van der Waals surface area contributed by atoms with Crippen molar-refractivity contribution in [2.75, 3.05) is 5.32 Å². The van der Waals surface area contributed by atoms with Gasteiger partial charge in [0.15, 0.2) is 5.78 Å². The number of benzene rings is 1. The van der Waals surface area contributed by atoms with E-state index in [1.807, 2.05) is 39.0 Å². The first-order valence-corrected chi connectivity index (χ1v) is 13.9. The van der Waals surface area contributed by atoms with Gasteiger partial charge in [-0.25, -0.2) is 0 Å². The van der Waals surface area contributed by atoms with Crippen LogP contribution in [0.15, 0.2) is 35.1 Å². The zero-order valence-electron chi connectivity index (χ0n) is 22.7. The van der Waals surface area contributed by atoms with E-state index in [9.17, 15) is 19.2 Å². The van der Waals surface area contributed by atoms with E-state index < -0.39 is 0 Å². The standard InChI is InChI=1S/C30H35N3O4S/c1-6-30(11-7-8-12-30)29(37)33-24-15-21(26-10-9-25(38-26)20(5)34)14-22(19(24)4)27(35)31-16-23-17(2)13-18(3)32-28(23)36/h9-10,13-15H,6-8,11-12,16H2,1-5H3,(H,31,35)(H,32,36)(H,33,37). The van der Waals surface area contributed by atoms with E-state index in [0.717, 1.165) is 53.8 Å². The third-order valence-corrected chi connectivity index (χ3v) is 9.01. The smallest absolute Gasteiger partial charge is 0.253 e. The molecule has 4 rings (SSSR count). The number of nitrogens with one attached hydrogen (secondary N) is 3. The Labute approximate surface area is 227 Å². The van der Waals surface area contributed by atoms with E-state index in [0.29, 0.717) is 27.3 Å². The summed E-state index contributed by atoms with van der Waals surface area (Å²) < 4.78 is 0. The number of carbonyl (C=O) groups excluding carboxylic acids is 3. The Morgan fingerprint density at radius 1 is 1.05 bits per heavy atom. The number of ketones is 1. The third kappa shape index (κ3) is 5.50. The molecule has 0 saturated heterocycles. The number of aromatic amines is 1. The summed E-state index contributed by atoms with van der Waals surface area (Å²) in [6.07, 6.45) is 4.56. The largest absolute Gasteiger partial charge is 0.348 e. The van der Waals surface area contributed by atoms with Crippen LogP contribution < -0.4 is 16.2 Å². The molecule has 7 nitrogen and oxygen atoms in total. The van der Waals surface area contributed by atoms with Gasteiger partial charge in [0, 0.05) is 39.3 Å². The number of amides is 2. The van der Waals surface area contributed by atoms with Crippen LogP contribution in [-0.4, -0.2) is 22.6 Å². The van der Waals surface area contributed by atoms with E-state index in [-0.39, 0.29) is 35.1 Å². The average Bonchev–Trinajstić information content (AvgIpc) is 3.55.